The van der Waals surface area contributed by atoms with Crippen LogP contribution < -0.4 is 5.06 Å². The minimum absolute atomic E-state index is 0.174. The molecule has 0 heterocycles. The lowest BCUT2D eigenvalue weighted by Gasteiger charge is -2.23. The van der Waals surface area contributed by atoms with E-state index in [0.717, 1.165) is 10.6 Å². The number of rotatable bonds is 11. The summed E-state index contributed by atoms with van der Waals surface area (Å²) in [6.07, 6.45) is -0.541. The Morgan fingerprint density at radius 3 is 2.24 bits per heavy atom. The van der Waals surface area contributed by atoms with E-state index in [0.29, 0.717) is 23.2 Å². The highest BCUT2D eigenvalue weighted by molar-refractivity contribution is 6.04. The van der Waals surface area contributed by atoms with Crippen LogP contribution in [0.3, 0.4) is 0 Å². The number of aliphatic hydroxyl groups is 1. The molecule has 3 rings (SSSR count). The quantitative estimate of drug-likeness (QED) is 0.134. The van der Waals surface area contributed by atoms with Crippen LogP contribution in [0, 0.1) is 22.0 Å². The molecular formula is C29H28N2O7. The second-order valence-electron chi connectivity index (χ2n) is 8.21. The van der Waals surface area contributed by atoms with E-state index >= 15 is 0 Å². The number of nitrogens with zero attached hydrogens (tertiary/aromatic N) is 2. The first-order valence-corrected chi connectivity index (χ1v) is 12.0. The maximum Gasteiger partial charge on any atom is 0.384 e. The molecule has 196 valence electrons. The Balaban J connectivity index is 1.78. The molecule has 3 aromatic rings. The summed E-state index contributed by atoms with van der Waals surface area (Å²) in [5.74, 6) is 3.36. The Labute approximate surface area is 220 Å². The smallest absolute Gasteiger partial charge is 0.384 e. The number of carbonyl (C=O) groups is 2. The van der Waals surface area contributed by atoms with Crippen LogP contribution in [0.2, 0.25) is 0 Å². The van der Waals surface area contributed by atoms with Crippen molar-refractivity contribution in [3.8, 4) is 11.8 Å². The van der Waals surface area contributed by atoms with Crippen molar-refractivity contribution < 1.29 is 29.2 Å². The molecule has 38 heavy (non-hydrogen) atoms. The number of ether oxygens (including phenoxy) is 1. The van der Waals surface area contributed by atoms with Crippen molar-refractivity contribution in [3.05, 3.63) is 112 Å². The molecule has 0 bridgehead atoms. The zero-order chi connectivity index (χ0) is 27.3. The number of aliphatic hydroxyl groups excluding tert-OH is 1. The van der Waals surface area contributed by atoms with Crippen molar-refractivity contribution in [2.24, 2.45) is 0 Å². The number of hydrogen-bond donors (Lipinski definition) is 1. The molecule has 3 aromatic carbocycles. The molecule has 0 spiro atoms. The Hall–Kier alpha value is -4.52. The molecule has 0 radical (unpaired) electrons. The molecule has 0 saturated heterocycles. The molecule has 1 amide bonds. The summed E-state index contributed by atoms with van der Waals surface area (Å²) in [7, 11) is 0. The number of hydrogen-bond acceptors (Lipinski definition) is 7. The van der Waals surface area contributed by atoms with Crippen molar-refractivity contribution in [1.29, 1.82) is 0 Å². The van der Waals surface area contributed by atoms with E-state index in [1.165, 1.54) is 24.3 Å². The Bertz CT molecular complexity index is 1270. The van der Waals surface area contributed by atoms with Gasteiger partial charge in [0.1, 0.15) is 12.7 Å². The highest BCUT2D eigenvalue weighted by Gasteiger charge is 2.26. The molecule has 0 fully saturated rings. The minimum Gasteiger partial charge on any atom is -0.456 e. The maximum absolute atomic E-state index is 13.3. The lowest BCUT2D eigenvalue weighted by Crippen LogP contribution is -2.36. The number of nitro groups is 1. The average molecular weight is 517 g/mol. The lowest BCUT2D eigenvalue weighted by molar-refractivity contribution is -0.527. The summed E-state index contributed by atoms with van der Waals surface area (Å²) in [6, 6.07) is 22.9. The fourth-order valence-corrected chi connectivity index (χ4v) is 3.51. The summed E-state index contributed by atoms with van der Waals surface area (Å²) >= 11 is 0. The number of anilines is 1. The van der Waals surface area contributed by atoms with Gasteiger partial charge >= 0.3 is 5.97 Å². The van der Waals surface area contributed by atoms with Gasteiger partial charge in [0.2, 0.25) is 6.04 Å². The predicted octanol–water partition coefficient (Wildman–Crippen LogP) is 4.14. The van der Waals surface area contributed by atoms with Gasteiger partial charge in [0.05, 0.1) is 12.3 Å². The van der Waals surface area contributed by atoms with E-state index in [9.17, 15) is 24.8 Å². The first kappa shape index (κ1) is 28.1. The number of esters is 1. The van der Waals surface area contributed by atoms with Crippen molar-refractivity contribution in [3.63, 3.8) is 0 Å². The van der Waals surface area contributed by atoms with Crippen LogP contribution in [-0.4, -0.2) is 41.2 Å². The van der Waals surface area contributed by atoms with Crippen molar-refractivity contribution in [2.75, 3.05) is 18.3 Å². The second kappa shape index (κ2) is 14.3. The number of amides is 1. The topological polar surface area (TPSA) is 119 Å². The molecule has 9 heteroatoms. The fraction of sp³-hybridized carbons (Fsp3) is 0.241. The Kier molecular flexibility index (Phi) is 10.5. The number of carbonyl (C=O) groups excluding carboxylic acids is 2. The summed E-state index contributed by atoms with van der Waals surface area (Å²) in [5.41, 5.74) is 1.98. The lowest BCUT2D eigenvalue weighted by atomic mass is 10.1. The zero-order valence-electron chi connectivity index (χ0n) is 20.9. The molecule has 9 nitrogen and oxygen atoms in total. The SMILES string of the molecule is CCOC(=O)C#CC(O)c1ccc(N(OCC(CCc2ccccc2)[N+](=O)[O-])C(=O)c2ccccc2)cc1. The van der Waals surface area contributed by atoms with Gasteiger partial charge in [-0.25, -0.2) is 4.79 Å². The highest BCUT2D eigenvalue weighted by Crippen LogP contribution is 2.22. The number of aryl methyl sites for hydroxylation is 1. The standard InChI is InChI=1S/C29H28N2O7/c1-2-37-28(33)20-19-27(32)23-14-17-25(18-15-23)30(29(34)24-11-7-4-8-12-24)38-21-26(31(35)36)16-13-22-9-5-3-6-10-22/h3-12,14-15,17-18,26-27,32H,2,13,16,21H2,1H3. The van der Waals surface area contributed by atoms with Crippen LogP contribution in [-0.2, 0) is 20.8 Å². The first-order chi connectivity index (χ1) is 18.4. The van der Waals surface area contributed by atoms with Gasteiger partial charge in [-0.3, -0.25) is 19.7 Å². The first-order valence-electron chi connectivity index (χ1n) is 12.0. The van der Waals surface area contributed by atoms with Gasteiger partial charge in [-0.1, -0.05) is 66.6 Å². The van der Waals surface area contributed by atoms with E-state index in [1.807, 2.05) is 30.3 Å². The minimum atomic E-state index is -1.26. The van der Waals surface area contributed by atoms with Gasteiger partial charge in [0.15, 0.2) is 0 Å². The van der Waals surface area contributed by atoms with Crippen LogP contribution in [0.4, 0.5) is 5.69 Å². The van der Waals surface area contributed by atoms with Crippen LogP contribution >= 0.6 is 0 Å². The molecule has 0 aliphatic heterocycles. The third-order valence-electron chi connectivity index (χ3n) is 5.54. The van der Waals surface area contributed by atoms with Gasteiger partial charge in [-0.15, -0.1) is 0 Å². The van der Waals surface area contributed by atoms with Crippen molar-refractivity contribution >= 4 is 17.6 Å². The summed E-state index contributed by atoms with van der Waals surface area (Å²) in [4.78, 5) is 41.8. The molecular weight excluding hydrogens is 488 g/mol. The van der Waals surface area contributed by atoms with Crippen molar-refractivity contribution in [2.45, 2.75) is 31.9 Å². The number of benzene rings is 3. The Morgan fingerprint density at radius 2 is 1.63 bits per heavy atom. The van der Waals surface area contributed by atoms with Crippen LogP contribution in [0.5, 0.6) is 0 Å². The molecule has 0 aliphatic rings. The second-order valence-corrected chi connectivity index (χ2v) is 8.21. The number of hydroxylamine groups is 1. The Morgan fingerprint density at radius 1 is 1.00 bits per heavy atom. The van der Waals surface area contributed by atoms with Gasteiger partial charge in [0.25, 0.3) is 5.91 Å². The van der Waals surface area contributed by atoms with Crippen LogP contribution in [0.15, 0.2) is 84.9 Å². The average Bonchev–Trinajstić information content (AvgIpc) is 2.94. The van der Waals surface area contributed by atoms with Gasteiger partial charge < -0.3 is 9.84 Å². The highest BCUT2D eigenvalue weighted by atomic mass is 16.7. The molecule has 2 atom stereocenters. The van der Waals surface area contributed by atoms with Gasteiger partial charge in [-0.2, -0.15) is 5.06 Å². The van der Waals surface area contributed by atoms with Crippen LogP contribution in [0.1, 0.15) is 40.9 Å². The normalized spacial score (nSPS) is 11.9. The van der Waals surface area contributed by atoms with E-state index < -0.39 is 28.9 Å². The zero-order valence-corrected chi connectivity index (χ0v) is 20.9. The van der Waals surface area contributed by atoms with E-state index in [4.69, 9.17) is 9.57 Å². The molecule has 2 unspecified atom stereocenters. The third kappa shape index (κ3) is 8.27. The fourth-order valence-electron chi connectivity index (χ4n) is 3.51. The maximum atomic E-state index is 13.3. The van der Waals surface area contributed by atoms with Gasteiger partial charge in [-0.05, 0) is 48.7 Å². The largest absolute Gasteiger partial charge is 0.456 e. The summed E-state index contributed by atoms with van der Waals surface area (Å²) < 4.78 is 4.72. The van der Waals surface area contributed by atoms with Crippen molar-refractivity contribution in [1.82, 2.24) is 0 Å². The summed E-state index contributed by atoms with van der Waals surface area (Å²) in [6.45, 7) is 1.50. The van der Waals surface area contributed by atoms with E-state index in [1.54, 1.807) is 37.3 Å². The monoisotopic (exact) mass is 516 g/mol. The molecule has 1 N–H and O–H groups in total. The van der Waals surface area contributed by atoms with Crippen LogP contribution in [0.25, 0.3) is 0 Å². The van der Waals surface area contributed by atoms with E-state index in [2.05, 4.69) is 11.8 Å². The van der Waals surface area contributed by atoms with E-state index in [-0.39, 0.29) is 19.6 Å². The molecule has 0 aliphatic carbocycles. The van der Waals surface area contributed by atoms with Gasteiger partial charge in [0, 0.05) is 22.8 Å². The summed E-state index contributed by atoms with van der Waals surface area (Å²) in [5, 5.41) is 23.0. The third-order valence-corrected chi connectivity index (χ3v) is 5.54. The predicted molar refractivity (Wildman–Crippen MR) is 141 cm³/mol. The molecule has 0 saturated carbocycles. The molecule has 0 aromatic heterocycles.